The number of ether oxygens (including phenoxy) is 1. The summed E-state index contributed by atoms with van der Waals surface area (Å²) in [4.78, 5) is 40.7. The zero-order valence-electron chi connectivity index (χ0n) is 14.1. The Morgan fingerprint density at radius 1 is 1.27 bits per heavy atom. The predicted octanol–water partition coefficient (Wildman–Crippen LogP) is 1.97. The van der Waals surface area contributed by atoms with Crippen molar-refractivity contribution in [1.29, 1.82) is 0 Å². The maximum absolute atomic E-state index is 12.9. The lowest BCUT2D eigenvalue weighted by molar-refractivity contribution is -0.384. The van der Waals surface area contributed by atoms with Gasteiger partial charge >= 0.3 is 6.03 Å². The Labute approximate surface area is 148 Å². The number of nitrogens with zero attached hydrogens (tertiary/aromatic N) is 3. The molecule has 1 aliphatic rings. The molecule has 0 aliphatic carbocycles. The van der Waals surface area contributed by atoms with E-state index in [1.54, 1.807) is 25.3 Å². The van der Waals surface area contributed by atoms with Gasteiger partial charge in [0.05, 0.1) is 18.6 Å². The molecule has 9 heteroatoms. The number of carbonyl (C=O) groups is 2. The molecule has 0 radical (unpaired) electrons. The summed E-state index contributed by atoms with van der Waals surface area (Å²) < 4.78 is 5.15. The normalized spacial score (nSPS) is 19.4. The highest BCUT2D eigenvalue weighted by Crippen LogP contribution is 2.31. The number of aromatic nitrogens is 1. The lowest BCUT2D eigenvalue weighted by Crippen LogP contribution is -2.40. The van der Waals surface area contributed by atoms with Gasteiger partial charge in [0.2, 0.25) is 5.88 Å². The van der Waals surface area contributed by atoms with E-state index in [2.05, 4.69) is 10.3 Å². The van der Waals surface area contributed by atoms with Gasteiger partial charge in [0.25, 0.3) is 11.6 Å². The quantitative estimate of drug-likeness (QED) is 0.497. The van der Waals surface area contributed by atoms with E-state index in [1.807, 2.05) is 0 Å². The zero-order valence-corrected chi connectivity index (χ0v) is 14.1. The molecule has 0 bridgehead atoms. The van der Waals surface area contributed by atoms with Crippen molar-refractivity contribution in [1.82, 2.24) is 15.2 Å². The Kier molecular flexibility index (Phi) is 4.29. The summed E-state index contributed by atoms with van der Waals surface area (Å²) in [7, 11) is 1.46. The Balaban J connectivity index is 1.89. The standard InChI is InChI=1S/C17H16N4O5/c1-17(12-5-7-13(8-6-12)21(24)25)15(22)20(16(23)19-17)10-11-4-3-9-18-14(11)26-2/h3-9H,10H2,1-2H3,(H,19,23). The molecule has 1 fully saturated rings. The van der Waals surface area contributed by atoms with Crippen LogP contribution in [0.15, 0.2) is 42.6 Å². The third kappa shape index (κ3) is 2.83. The Hall–Kier alpha value is -3.49. The zero-order chi connectivity index (χ0) is 18.9. The highest BCUT2D eigenvalue weighted by Gasteiger charge is 2.49. The number of nitro benzene ring substituents is 1. The topological polar surface area (TPSA) is 115 Å². The van der Waals surface area contributed by atoms with Crippen LogP contribution in [0.3, 0.4) is 0 Å². The fourth-order valence-corrected chi connectivity index (χ4v) is 2.85. The van der Waals surface area contributed by atoms with Crippen LogP contribution in [-0.2, 0) is 16.9 Å². The van der Waals surface area contributed by atoms with Crippen LogP contribution in [-0.4, -0.2) is 33.9 Å². The molecule has 0 spiro atoms. The summed E-state index contributed by atoms with van der Waals surface area (Å²) in [6.45, 7) is 1.57. The minimum absolute atomic E-state index is 0.00422. The monoisotopic (exact) mass is 356 g/mol. The average molecular weight is 356 g/mol. The number of nitrogens with one attached hydrogen (secondary N) is 1. The number of urea groups is 1. The number of hydrogen-bond donors (Lipinski definition) is 1. The molecule has 134 valence electrons. The number of methoxy groups -OCH3 is 1. The van der Waals surface area contributed by atoms with Gasteiger partial charge in [-0.2, -0.15) is 0 Å². The first-order chi connectivity index (χ1) is 12.4. The van der Waals surface area contributed by atoms with E-state index in [4.69, 9.17) is 4.74 Å². The molecule has 1 aromatic heterocycles. The smallest absolute Gasteiger partial charge is 0.325 e. The second kappa shape index (κ2) is 6.43. The number of non-ortho nitro benzene ring substituents is 1. The largest absolute Gasteiger partial charge is 0.481 e. The van der Waals surface area contributed by atoms with Gasteiger partial charge in [-0.15, -0.1) is 0 Å². The van der Waals surface area contributed by atoms with Crippen molar-refractivity contribution in [2.24, 2.45) is 0 Å². The number of carbonyl (C=O) groups excluding carboxylic acids is 2. The van der Waals surface area contributed by atoms with Crippen LogP contribution < -0.4 is 10.1 Å². The Morgan fingerprint density at radius 2 is 1.96 bits per heavy atom. The fraction of sp³-hybridized carbons (Fsp3) is 0.235. The summed E-state index contributed by atoms with van der Waals surface area (Å²) in [5.41, 5.74) is -0.346. The van der Waals surface area contributed by atoms with Gasteiger partial charge < -0.3 is 10.1 Å². The van der Waals surface area contributed by atoms with Crippen LogP contribution in [0.1, 0.15) is 18.1 Å². The van der Waals surface area contributed by atoms with Crippen molar-refractivity contribution >= 4 is 17.6 Å². The first-order valence-corrected chi connectivity index (χ1v) is 7.73. The molecular formula is C17H16N4O5. The van der Waals surface area contributed by atoms with Crippen molar-refractivity contribution in [3.63, 3.8) is 0 Å². The minimum atomic E-state index is -1.30. The molecule has 1 unspecified atom stereocenters. The molecule has 0 saturated carbocycles. The van der Waals surface area contributed by atoms with Gasteiger partial charge in [-0.25, -0.2) is 9.78 Å². The lowest BCUT2D eigenvalue weighted by atomic mass is 9.92. The van der Waals surface area contributed by atoms with E-state index in [0.717, 1.165) is 4.90 Å². The Bertz CT molecular complexity index is 883. The number of imide groups is 1. The van der Waals surface area contributed by atoms with Crippen LogP contribution in [0, 0.1) is 10.1 Å². The van der Waals surface area contributed by atoms with E-state index in [1.165, 1.54) is 31.4 Å². The first-order valence-electron chi connectivity index (χ1n) is 7.73. The molecule has 9 nitrogen and oxygen atoms in total. The molecule has 1 N–H and O–H groups in total. The molecule has 3 amide bonds. The van der Waals surface area contributed by atoms with Crippen molar-refractivity contribution in [2.45, 2.75) is 19.0 Å². The molecule has 2 aromatic rings. The van der Waals surface area contributed by atoms with E-state index in [9.17, 15) is 19.7 Å². The van der Waals surface area contributed by atoms with Gasteiger partial charge in [-0.3, -0.25) is 19.8 Å². The number of rotatable bonds is 5. The van der Waals surface area contributed by atoms with Crippen LogP contribution in [0.4, 0.5) is 10.5 Å². The fourth-order valence-electron chi connectivity index (χ4n) is 2.85. The number of hydrogen-bond acceptors (Lipinski definition) is 6. The van der Waals surface area contributed by atoms with Gasteiger partial charge in [0.15, 0.2) is 0 Å². The number of amides is 3. The van der Waals surface area contributed by atoms with Crippen molar-refractivity contribution in [2.75, 3.05) is 7.11 Å². The Morgan fingerprint density at radius 3 is 2.58 bits per heavy atom. The summed E-state index contributed by atoms with van der Waals surface area (Å²) in [6, 6.07) is 8.37. The maximum atomic E-state index is 12.9. The van der Waals surface area contributed by atoms with E-state index >= 15 is 0 Å². The third-order valence-electron chi connectivity index (χ3n) is 4.30. The molecule has 3 rings (SSSR count). The number of pyridine rings is 1. The van der Waals surface area contributed by atoms with E-state index in [-0.39, 0.29) is 12.2 Å². The second-order valence-electron chi connectivity index (χ2n) is 5.92. The van der Waals surface area contributed by atoms with E-state index in [0.29, 0.717) is 17.0 Å². The molecule has 26 heavy (non-hydrogen) atoms. The van der Waals surface area contributed by atoms with Crippen molar-refractivity contribution in [3.05, 3.63) is 63.8 Å². The van der Waals surface area contributed by atoms with Gasteiger partial charge in [-0.05, 0) is 30.7 Å². The molecule has 1 aliphatic heterocycles. The van der Waals surface area contributed by atoms with Gasteiger partial charge in [-0.1, -0.05) is 6.07 Å². The van der Waals surface area contributed by atoms with Crippen LogP contribution in [0.5, 0.6) is 5.88 Å². The predicted molar refractivity (Wildman–Crippen MR) is 90.3 cm³/mol. The summed E-state index contributed by atoms with van der Waals surface area (Å²) in [5.74, 6) is -0.126. The number of nitro groups is 1. The van der Waals surface area contributed by atoms with Gasteiger partial charge in [0, 0.05) is 23.9 Å². The summed E-state index contributed by atoms with van der Waals surface area (Å²) in [5, 5.41) is 13.4. The lowest BCUT2D eigenvalue weighted by Gasteiger charge is -2.22. The molecule has 1 atom stereocenters. The molecule has 1 aromatic carbocycles. The van der Waals surface area contributed by atoms with Crippen LogP contribution in [0.25, 0.3) is 0 Å². The van der Waals surface area contributed by atoms with Crippen LogP contribution in [0.2, 0.25) is 0 Å². The highest BCUT2D eigenvalue weighted by molar-refractivity contribution is 6.07. The van der Waals surface area contributed by atoms with E-state index < -0.39 is 22.4 Å². The average Bonchev–Trinajstić information content (AvgIpc) is 2.86. The minimum Gasteiger partial charge on any atom is -0.481 e. The van der Waals surface area contributed by atoms with Crippen molar-refractivity contribution < 1.29 is 19.2 Å². The SMILES string of the molecule is COc1ncccc1CN1C(=O)NC(C)(c2ccc([N+](=O)[O-])cc2)C1=O. The van der Waals surface area contributed by atoms with Crippen LogP contribution >= 0.6 is 0 Å². The maximum Gasteiger partial charge on any atom is 0.325 e. The third-order valence-corrected chi connectivity index (χ3v) is 4.30. The molecule has 2 heterocycles. The highest BCUT2D eigenvalue weighted by atomic mass is 16.6. The summed E-state index contributed by atoms with van der Waals surface area (Å²) in [6.07, 6.45) is 1.55. The molecular weight excluding hydrogens is 340 g/mol. The second-order valence-corrected chi connectivity index (χ2v) is 5.92. The first kappa shape index (κ1) is 17.3. The number of benzene rings is 1. The molecule has 1 saturated heterocycles. The summed E-state index contributed by atoms with van der Waals surface area (Å²) >= 11 is 0. The van der Waals surface area contributed by atoms with Crippen molar-refractivity contribution in [3.8, 4) is 5.88 Å². The van der Waals surface area contributed by atoms with Gasteiger partial charge in [0.1, 0.15) is 5.54 Å².